The quantitative estimate of drug-likeness (QED) is 0.272. The van der Waals surface area contributed by atoms with E-state index in [9.17, 15) is 9.90 Å². The number of thiophene rings is 1. The number of rotatable bonds is 11. The second kappa shape index (κ2) is 12.0. The van der Waals surface area contributed by atoms with E-state index >= 15 is 4.39 Å². The van der Waals surface area contributed by atoms with Crippen LogP contribution < -0.4 is 9.64 Å². The summed E-state index contributed by atoms with van der Waals surface area (Å²) in [6.45, 7) is 2.42. The molecule has 0 aliphatic carbocycles. The van der Waals surface area contributed by atoms with Gasteiger partial charge in [0.1, 0.15) is 11.9 Å². The van der Waals surface area contributed by atoms with Gasteiger partial charge in [0.05, 0.1) is 30.9 Å². The molecule has 3 heterocycles. The number of ether oxygens (including phenoxy) is 1. The smallest absolute Gasteiger partial charge is 0.303 e. The average molecular weight is 546 g/mol. The molecule has 6 nitrogen and oxygen atoms in total. The molecule has 1 fully saturated rings. The maximum absolute atomic E-state index is 16.1. The van der Waals surface area contributed by atoms with Gasteiger partial charge in [-0.2, -0.15) is 12.6 Å². The van der Waals surface area contributed by atoms with E-state index in [-0.39, 0.29) is 18.1 Å². The van der Waals surface area contributed by atoms with Gasteiger partial charge in [-0.05, 0) is 73.8 Å². The maximum atomic E-state index is 16.1. The molecule has 3 aromatic rings. The van der Waals surface area contributed by atoms with Gasteiger partial charge < -0.3 is 19.6 Å². The lowest BCUT2D eigenvalue weighted by atomic mass is 9.71. The number of carboxylic acids is 1. The summed E-state index contributed by atoms with van der Waals surface area (Å²) in [5.74, 6) is -0.166. The second-order valence-electron chi connectivity index (χ2n) is 10.2. The van der Waals surface area contributed by atoms with Crippen LogP contribution in [0.3, 0.4) is 0 Å². The lowest BCUT2D eigenvalue weighted by Gasteiger charge is -2.42. The number of pyridine rings is 1. The molecule has 9 heteroatoms. The van der Waals surface area contributed by atoms with Gasteiger partial charge in [0, 0.05) is 41.7 Å². The Kier molecular flexibility index (Phi) is 8.98. The number of hydrogen-bond donors (Lipinski definition) is 2. The summed E-state index contributed by atoms with van der Waals surface area (Å²) in [6.07, 6.45) is 2.78. The van der Waals surface area contributed by atoms with Crippen molar-refractivity contribution in [1.82, 2.24) is 9.88 Å². The Balaban J connectivity index is 1.50. The van der Waals surface area contributed by atoms with Crippen molar-refractivity contribution in [2.24, 2.45) is 5.41 Å². The Bertz CT molecular complexity index is 1200. The van der Waals surface area contributed by atoms with E-state index in [1.54, 1.807) is 24.6 Å². The molecule has 0 bridgehead atoms. The molecular weight excluding hydrogens is 509 g/mol. The lowest BCUT2D eigenvalue weighted by molar-refractivity contribution is -0.141. The number of carbonyl (C=O) groups is 1. The molecule has 37 heavy (non-hydrogen) atoms. The molecule has 0 spiro atoms. The lowest BCUT2D eigenvalue weighted by Crippen LogP contribution is -2.42. The van der Waals surface area contributed by atoms with Crippen molar-refractivity contribution in [2.45, 2.75) is 43.5 Å². The van der Waals surface area contributed by atoms with Gasteiger partial charge in [-0.15, -0.1) is 11.3 Å². The summed E-state index contributed by atoms with van der Waals surface area (Å²) in [7, 11) is 5.35. The Hall–Kier alpha value is -2.36. The minimum Gasteiger partial charge on any atom is -0.497 e. The molecule has 1 aliphatic rings. The standard InChI is InChI=1S/C28H36FN3O3S2/c1-31(2)23-17-30-22-7-6-19(35-3)15-20(22)27(23)21(29)8-9-28(16-26(33)34)10-12-32(13-11-28)18-24(36)25-5-4-14-37-25/h4-7,14-15,17,21,24,36H,8-13,16,18H2,1-3H3,(H,33,34)/t21-,24?/m0/s1. The van der Waals surface area contributed by atoms with Gasteiger partial charge in [-0.1, -0.05) is 6.07 Å². The number of carboxylic acid groups (broad SMARTS) is 1. The van der Waals surface area contributed by atoms with Crippen molar-refractivity contribution in [3.05, 3.63) is 52.3 Å². The van der Waals surface area contributed by atoms with Gasteiger partial charge in [0.25, 0.3) is 0 Å². The maximum Gasteiger partial charge on any atom is 0.303 e. The number of halogens is 1. The fraction of sp³-hybridized carbons (Fsp3) is 0.500. The molecule has 1 unspecified atom stereocenters. The molecule has 4 rings (SSSR count). The van der Waals surface area contributed by atoms with Crippen molar-refractivity contribution in [1.29, 1.82) is 0 Å². The first kappa shape index (κ1) is 27.7. The number of nitrogens with zero attached hydrogens (tertiary/aromatic N) is 3. The van der Waals surface area contributed by atoms with Crippen molar-refractivity contribution in [3.63, 3.8) is 0 Å². The Morgan fingerprint density at radius 2 is 2.08 bits per heavy atom. The molecule has 0 radical (unpaired) electrons. The fourth-order valence-electron chi connectivity index (χ4n) is 5.43. The number of benzene rings is 1. The highest BCUT2D eigenvalue weighted by Crippen LogP contribution is 2.45. The number of alkyl halides is 1. The molecule has 1 aliphatic heterocycles. The number of aliphatic carboxylic acids is 1. The summed E-state index contributed by atoms with van der Waals surface area (Å²) >= 11 is 6.48. The topological polar surface area (TPSA) is 65.9 Å². The van der Waals surface area contributed by atoms with Crippen LogP contribution in [-0.4, -0.2) is 61.8 Å². The number of anilines is 1. The number of likely N-dealkylation sites (tertiary alicyclic amines) is 1. The predicted octanol–water partition coefficient (Wildman–Crippen LogP) is 6.39. The van der Waals surface area contributed by atoms with E-state index < -0.39 is 17.6 Å². The highest BCUT2D eigenvalue weighted by molar-refractivity contribution is 7.80. The van der Waals surface area contributed by atoms with Crippen LogP contribution in [0.2, 0.25) is 0 Å². The van der Waals surface area contributed by atoms with Crippen LogP contribution >= 0.6 is 24.0 Å². The van der Waals surface area contributed by atoms with Gasteiger partial charge in [0.15, 0.2) is 0 Å². The predicted molar refractivity (Wildman–Crippen MR) is 152 cm³/mol. The number of methoxy groups -OCH3 is 1. The normalized spacial score (nSPS) is 17.4. The molecule has 0 saturated carbocycles. The first-order chi connectivity index (χ1) is 17.7. The number of thiol groups is 1. The Labute approximate surface area is 227 Å². The van der Waals surface area contributed by atoms with Crippen LogP contribution in [0.25, 0.3) is 10.9 Å². The first-order valence-corrected chi connectivity index (χ1v) is 14.0. The van der Waals surface area contributed by atoms with Crippen LogP contribution in [-0.2, 0) is 4.79 Å². The zero-order chi connectivity index (χ0) is 26.6. The molecule has 1 saturated heterocycles. The zero-order valence-electron chi connectivity index (χ0n) is 21.7. The molecule has 2 aromatic heterocycles. The summed E-state index contributed by atoms with van der Waals surface area (Å²) in [5.41, 5.74) is 1.61. The number of aromatic nitrogens is 1. The van der Waals surface area contributed by atoms with Crippen molar-refractivity contribution < 1.29 is 19.0 Å². The molecule has 1 aromatic carbocycles. The summed E-state index contributed by atoms with van der Waals surface area (Å²) in [6, 6.07) is 9.64. The van der Waals surface area contributed by atoms with E-state index in [1.165, 1.54) is 4.88 Å². The molecule has 0 amide bonds. The van der Waals surface area contributed by atoms with Crippen molar-refractivity contribution in [2.75, 3.05) is 45.7 Å². The minimum absolute atomic E-state index is 0.0637. The highest BCUT2D eigenvalue weighted by Gasteiger charge is 2.38. The van der Waals surface area contributed by atoms with Crippen molar-refractivity contribution >= 4 is 46.5 Å². The SMILES string of the molecule is COc1ccc2ncc(N(C)C)c([C@@H](F)CCC3(CC(=O)O)CCN(CC(S)c4cccs4)CC3)c2c1. The van der Waals surface area contributed by atoms with Gasteiger partial charge >= 0.3 is 5.97 Å². The summed E-state index contributed by atoms with van der Waals surface area (Å²) in [5, 5.41) is 12.7. The Morgan fingerprint density at radius 3 is 2.70 bits per heavy atom. The van der Waals surface area contributed by atoms with E-state index in [0.717, 1.165) is 43.5 Å². The first-order valence-electron chi connectivity index (χ1n) is 12.6. The second-order valence-corrected chi connectivity index (χ2v) is 11.8. The van der Waals surface area contributed by atoms with Gasteiger partial charge in [-0.25, -0.2) is 4.39 Å². The van der Waals surface area contributed by atoms with Crippen LogP contribution in [0.1, 0.15) is 54.0 Å². The molecule has 2 atom stereocenters. The van der Waals surface area contributed by atoms with E-state index in [2.05, 4.69) is 21.3 Å². The third-order valence-electron chi connectivity index (χ3n) is 7.56. The van der Waals surface area contributed by atoms with Crippen molar-refractivity contribution in [3.8, 4) is 5.75 Å². The third-order valence-corrected chi connectivity index (χ3v) is 9.17. The fourth-order valence-corrected chi connectivity index (χ4v) is 6.64. The summed E-state index contributed by atoms with van der Waals surface area (Å²) in [4.78, 5) is 21.8. The number of hydrogen-bond acceptors (Lipinski definition) is 7. The molecule has 200 valence electrons. The highest BCUT2D eigenvalue weighted by atomic mass is 32.1. The van der Waals surface area contributed by atoms with Gasteiger partial charge in [-0.3, -0.25) is 9.78 Å². The zero-order valence-corrected chi connectivity index (χ0v) is 23.4. The van der Waals surface area contributed by atoms with E-state index in [1.807, 2.05) is 43.3 Å². The molecular formula is C28H36FN3O3S2. The average Bonchev–Trinajstić information content (AvgIpc) is 3.42. The van der Waals surface area contributed by atoms with Crippen LogP contribution in [0.4, 0.5) is 10.1 Å². The van der Waals surface area contributed by atoms with Crippen LogP contribution in [0.5, 0.6) is 5.75 Å². The number of fused-ring (bicyclic) bond motifs is 1. The number of piperidine rings is 1. The largest absolute Gasteiger partial charge is 0.497 e. The summed E-state index contributed by atoms with van der Waals surface area (Å²) < 4.78 is 21.5. The third kappa shape index (κ3) is 6.56. The Morgan fingerprint density at radius 1 is 1.32 bits per heavy atom. The molecule has 1 N–H and O–H groups in total. The minimum atomic E-state index is -1.25. The van der Waals surface area contributed by atoms with E-state index in [4.69, 9.17) is 17.4 Å². The monoisotopic (exact) mass is 545 g/mol. The van der Waals surface area contributed by atoms with E-state index in [0.29, 0.717) is 23.3 Å². The van der Waals surface area contributed by atoms with Gasteiger partial charge in [0.2, 0.25) is 0 Å². The van der Waals surface area contributed by atoms with Crippen LogP contribution in [0, 0.1) is 5.41 Å². The van der Waals surface area contributed by atoms with Crippen LogP contribution in [0.15, 0.2) is 41.9 Å².